The molecular formula is C40H27N5O. The van der Waals surface area contributed by atoms with Crippen molar-refractivity contribution in [2.75, 3.05) is 4.90 Å². The molecule has 6 heteroatoms. The highest BCUT2D eigenvalue weighted by Gasteiger charge is 2.21. The third-order valence-electron chi connectivity index (χ3n) is 7.85. The summed E-state index contributed by atoms with van der Waals surface area (Å²) in [5.74, 6) is 0.959. The van der Waals surface area contributed by atoms with Crippen molar-refractivity contribution in [1.82, 2.24) is 20.2 Å². The quantitative estimate of drug-likeness (QED) is 0.183. The van der Waals surface area contributed by atoms with Crippen LogP contribution in [0.4, 0.5) is 17.1 Å². The van der Waals surface area contributed by atoms with E-state index in [1.165, 1.54) is 0 Å². The molecule has 0 unspecified atom stereocenters. The first-order valence-corrected chi connectivity index (χ1v) is 15.1. The molecule has 8 aromatic rings. The van der Waals surface area contributed by atoms with Crippen LogP contribution in [-0.2, 0) is 0 Å². The van der Waals surface area contributed by atoms with Crippen LogP contribution in [0.2, 0.25) is 0 Å². The van der Waals surface area contributed by atoms with E-state index < -0.39 is 0 Å². The van der Waals surface area contributed by atoms with Gasteiger partial charge in [0.15, 0.2) is 0 Å². The monoisotopic (exact) mass is 593 g/mol. The fourth-order valence-electron chi connectivity index (χ4n) is 5.65. The molecule has 46 heavy (non-hydrogen) atoms. The molecule has 6 nitrogen and oxygen atoms in total. The first-order chi connectivity index (χ1) is 22.8. The minimum absolute atomic E-state index is 0.469. The molecule has 0 amide bonds. The lowest BCUT2D eigenvalue weighted by Gasteiger charge is -2.28. The summed E-state index contributed by atoms with van der Waals surface area (Å²) in [7, 11) is 0. The fraction of sp³-hybridized carbons (Fsp3) is 0. The van der Waals surface area contributed by atoms with Crippen molar-refractivity contribution in [2.45, 2.75) is 0 Å². The Hall–Kier alpha value is -6.40. The van der Waals surface area contributed by atoms with Crippen LogP contribution < -0.4 is 4.90 Å². The van der Waals surface area contributed by atoms with Crippen molar-refractivity contribution in [3.63, 3.8) is 0 Å². The molecule has 0 fully saturated rings. The minimum atomic E-state index is 0.469. The number of benzene rings is 6. The average Bonchev–Trinajstić information content (AvgIpc) is 3.64. The summed E-state index contributed by atoms with van der Waals surface area (Å²) in [4.78, 5) is 12.6. The third-order valence-corrected chi connectivity index (χ3v) is 7.85. The number of hydrogen-bond acceptors (Lipinski definition) is 6. The van der Waals surface area contributed by atoms with E-state index >= 15 is 0 Å². The standard InChI is InChI=1S/C40H27N5O/c1-4-14-28(15-5-1)37-38(42-35-22-12-11-21-34(35)41-37)33-20-10-13-23-36(33)45(31-18-8-3-9-19-31)32-26-24-30(25-27-32)40-44-43-39(46-40)29-16-6-2-7-17-29/h1-27H. The summed E-state index contributed by atoms with van der Waals surface area (Å²) in [6.45, 7) is 0. The molecule has 0 saturated heterocycles. The lowest BCUT2D eigenvalue weighted by atomic mass is 10.0. The summed E-state index contributed by atoms with van der Waals surface area (Å²) in [6, 6.07) is 54.9. The predicted octanol–water partition coefficient (Wildman–Crippen LogP) is 10.2. The smallest absolute Gasteiger partial charge is 0.248 e. The lowest BCUT2D eigenvalue weighted by molar-refractivity contribution is 0.584. The minimum Gasteiger partial charge on any atom is -0.416 e. The number of aromatic nitrogens is 4. The van der Waals surface area contributed by atoms with Gasteiger partial charge in [-0.15, -0.1) is 10.2 Å². The number of fused-ring (bicyclic) bond motifs is 1. The summed E-state index contributed by atoms with van der Waals surface area (Å²) in [5.41, 5.74) is 10.0. The fourth-order valence-corrected chi connectivity index (χ4v) is 5.65. The second-order valence-corrected chi connectivity index (χ2v) is 10.8. The molecule has 0 aliphatic heterocycles. The number of hydrogen-bond donors (Lipinski definition) is 0. The molecule has 0 aliphatic carbocycles. The second kappa shape index (κ2) is 11.9. The molecule has 2 aromatic heterocycles. The van der Waals surface area contributed by atoms with Crippen LogP contribution in [0.5, 0.6) is 0 Å². The summed E-state index contributed by atoms with van der Waals surface area (Å²) >= 11 is 0. The van der Waals surface area contributed by atoms with E-state index in [0.29, 0.717) is 11.8 Å². The Labute approximate surface area is 266 Å². The maximum absolute atomic E-state index is 6.04. The van der Waals surface area contributed by atoms with Gasteiger partial charge < -0.3 is 9.32 Å². The maximum atomic E-state index is 6.04. The molecule has 8 rings (SSSR count). The van der Waals surface area contributed by atoms with Gasteiger partial charge in [0.25, 0.3) is 0 Å². The van der Waals surface area contributed by atoms with E-state index in [1.807, 2.05) is 103 Å². The largest absolute Gasteiger partial charge is 0.416 e. The maximum Gasteiger partial charge on any atom is 0.248 e. The first-order valence-electron chi connectivity index (χ1n) is 15.1. The van der Waals surface area contributed by atoms with Crippen LogP contribution in [0.15, 0.2) is 168 Å². The zero-order valence-corrected chi connectivity index (χ0v) is 24.7. The first kappa shape index (κ1) is 27.2. The van der Waals surface area contributed by atoms with Gasteiger partial charge >= 0.3 is 0 Å². The van der Waals surface area contributed by atoms with Crippen molar-refractivity contribution >= 4 is 28.1 Å². The van der Waals surface area contributed by atoms with Crippen molar-refractivity contribution in [1.29, 1.82) is 0 Å². The van der Waals surface area contributed by atoms with Gasteiger partial charge in [-0.2, -0.15) is 0 Å². The predicted molar refractivity (Wildman–Crippen MR) is 184 cm³/mol. The molecular weight excluding hydrogens is 566 g/mol. The van der Waals surface area contributed by atoms with Crippen LogP contribution in [-0.4, -0.2) is 20.2 Å². The zero-order valence-electron chi connectivity index (χ0n) is 24.7. The Balaban J connectivity index is 1.26. The van der Waals surface area contributed by atoms with Gasteiger partial charge in [0.2, 0.25) is 11.8 Å². The number of rotatable bonds is 7. The summed E-state index contributed by atoms with van der Waals surface area (Å²) < 4.78 is 6.04. The third kappa shape index (κ3) is 5.18. The van der Waals surface area contributed by atoms with Gasteiger partial charge in [0, 0.05) is 33.6 Å². The Morgan fingerprint density at radius 1 is 0.391 bits per heavy atom. The topological polar surface area (TPSA) is 67.9 Å². The van der Waals surface area contributed by atoms with E-state index in [0.717, 1.165) is 61.7 Å². The van der Waals surface area contributed by atoms with Crippen LogP contribution in [0, 0.1) is 0 Å². The number of para-hydroxylation sites is 4. The summed E-state index contributed by atoms with van der Waals surface area (Å²) in [6.07, 6.45) is 0. The van der Waals surface area contributed by atoms with Gasteiger partial charge in [0.1, 0.15) is 0 Å². The Morgan fingerprint density at radius 2 is 0.870 bits per heavy atom. The van der Waals surface area contributed by atoms with Crippen molar-refractivity contribution in [2.24, 2.45) is 0 Å². The second-order valence-electron chi connectivity index (χ2n) is 10.8. The van der Waals surface area contributed by atoms with E-state index in [-0.39, 0.29) is 0 Å². The average molecular weight is 594 g/mol. The van der Waals surface area contributed by atoms with Crippen LogP contribution >= 0.6 is 0 Å². The van der Waals surface area contributed by atoms with Gasteiger partial charge in [-0.1, -0.05) is 97.1 Å². The lowest BCUT2D eigenvalue weighted by Crippen LogP contribution is -2.11. The van der Waals surface area contributed by atoms with Gasteiger partial charge in [0.05, 0.1) is 28.1 Å². The van der Waals surface area contributed by atoms with E-state index in [1.54, 1.807) is 0 Å². The highest BCUT2D eigenvalue weighted by Crippen LogP contribution is 2.43. The van der Waals surface area contributed by atoms with Crippen molar-refractivity contribution < 1.29 is 4.42 Å². The van der Waals surface area contributed by atoms with E-state index in [9.17, 15) is 0 Å². The Bertz CT molecular complexity index is 2250. The molecule has 0 spiro atoms. The Morgan fingerprint density at radius 3 is 1.52 bits per heavy atom. The molecule has 0 aliphatic rings. The SMILES string of the molecule is c1ccc(-c2nnc(-c3ccc(N(c4ccccc4)c4ccccc4-c4nc5ccccc5nc4-c4ccccc4)cc3)o2)cc1. The van der Waals surface area contributed by atoms with Gasteiger partial charge in [-0.3, -0.25) is 0 Å². The van der Waals surface area contributed by atoms with Gasteiger partial charge in [-0.25, -0.2) is 9.97 Å². The number of nitrogens with zero attached hydrogens (tertiary/aromatic N) is 5. The zero-order chi connectivity index (χ0) is 30.7. The molecule has 0 N–H and O–H groups in total. The van der Waals surface area contributed by atoms with Gasteiger partial charge in [-0.05, 0) is 66.7 Å². The van der Waals surface area contributed by atoms with Crippen LogP contribution in [0.1, 0.15) is 0 Å². The van der Waals surface area contributed by atoms with E-state index in [4.69, 9.17) is 14.4 Å². The molecule has 0 saturated carbocycles. The van der Waals surface area contributed by atoms with Crippen LogP contribution in [0.25, 0.3) is 56.5 Å². The molecule has 6 aromatic carbocycles. The Kier molecular flexibility index (Phi) is 7.05. The highest BCUT2D eigenvalue weighted by atomic mass is 16.4. The molecule has 2 heterocycles. The number of anilines is 3. The van der Waals surface area contributed by atoms with Crippen LogP contribution in [0.3, 0.4) is 0 Å². The van der Waals surface area contributed by atoms with Crippen molar-refractivity contribution in [3.8, 4) is 45.4 Å². The molecule has 0 atom stereocenters. The molecule has 0 bridgehead atoms. The highest BCUT2D eigenvalue weighted by molar-refractivity contribution is 5.94. The summed E-state index contributed by atoms with van der Waals surface area (Å²) in [5, 5.41) is 8.60. The van der Waals surface area contributed by atoms with Crippen molar-refractivity contribution in [3.05, 3.63) is 164 Å². The molecule has 0 radical (unpaired) electrons. The normalized spacial score (nSPS) is 11.0. The molecule has 218 valence electrons. The van der Waals surface area contributed by atoms with E-state index in [2.05, 4.69) is 75.8 Å².